The van der Waals surface area contributed by atoms with E-state index < -0.39 is 0 Å². The van der Waals surface area contributed by atoms with Gasteiger partial charge in [0.05, 0.1) is 10.7 Å². The fourth-order valence-corrected chi connectivity index (χ4v) is 2.98. The highest BCUT2D eigenvalue weighted by Gasteiger charge is 2.09. The fourth-order valence-electron chi connectivity index (χ4n) is 2.02. The van der Waals surface area contributed by atoms with Crippen LogP contribution in [0, 0.1) is 6.92 Å². The molecule has 1 amide bonds. The number of nitrogens with zero attached hydrogens (tertiary/aromatic N) is 1. The zero-order valence-corrected chi connectivity index (χ0v) is 14.4. The van der Waals surface area contributed by atoms with E-state index >= 15 is 0 Å². The van der Waals surface area contributed by atoms with Gasteiger partial charge in [-0.2, -0.15) is 0 Å². The third kappa shape index (κ3) is 3.99. The number of aryl methyl sites for hydroxylation is 1. The molecule has 0 aliphatic rings. The lowest BCUT2D eigenvalue weighted by Crippen LogP contribution is -2.13. The van der Waals surface area contributed by atoms with Crippen LogP contribution in [0.5, 0.6) is 0 Å². The van der Waals surface area contributed by atoms with Crippen molar-refractivity contribution in [2.75, 3.05) is 24.3 Å². The van der Waals surface area contributed by atoms with Crippen molar-refractivity contribution in [2.45, 2.75) is 6.92 Å². The van der Waals surface area contributed by atoms with Crippen LogP contribution in [0.3, 0.4) is 0 Å². The molecule has 0 spiro atoms. The molecule has 0 aliphatic heterocycles. The number of carbonyl (C=O) groups excluding carboxylic acids is 1. The minimum atomic E-state index is -0.159. The summed E-state index contributed by atoms with van der Waals surface area (Å²) in [5.41, 5.74) is 3.21. The van der Waals surface area contributed by atoms with Gasteiger partial charge in [-0.3, -0.25) is 4.79 Å². The van der Waals surface area contributed by atoms with Gasteiger partial charge in [0, 0.05) is 29.8 Å². The molecular formula is C16H16BrClN2O. The number of benzene rings is 2. The maximum atomic E-state index is 12.3. The van der Waals surface area contributed by atoms with Gasteiger partial charge in [0.1, 0.15) is 0 Å². The quantitative estimate of drug-likeness (QED) is 0.850. The first kappa shape index (κ1) is 15.9. The van der Waals surface area contributed by atoms with Crippen molar-refractivity contribution in [1.29, 1.82) is 0 Å². The molecule has 0 unspecified atom stereocenters. The molecule has 110 valence electrons. The van der Waals surface area contributed by atoms with Crippen LogP contribution in [0.15, 0.2) is 40.9 Å². The summed E-state index contributed by atoms with van der Waals surface area (Å²) in [6.45, 7) is 1.95. The Kier molecular flexibility index (Phi) is 4.91. The van der Waals surface area contributed by atoms with Crippen molar-refractivity contribution in [2.24, 2.45) is 0 Å². The number of carbonyl (C=O) groups is 1. The number of anilines is 2. The van der Waals surface area contributed by atoms with Crippen LogP contribution in [-0.4, -0.2) is 20.0 Å². The zero-order valence-electron chi connectivity index (χ0n) is 12.1. The molecule has 3 nitrogen and oxygen atoms in total. The summed E-state index contributed by atoms with van der Waals surface area (Å²) < 4.78 is 0.883. The normalized spacial score (nSPS) is 10.3. The summed E-state index contributed by atoms with van der Waals surface area (Å²) in [5.74, 6) is -0.159. The van der Waals surface area contributed by atoms with E-state index in [1.54, 1.807) is 12.1 Å². The van der Waals surface area contributed by atoms with Crippen LogP contribution in [-0.2, 0) is 0 Å². The molecule has 2 aromatic rings. The highest BCUT2D eigenvalue weighted by molar-refractivity contribution is 9.10. The third-order valence-electron chi connectivity index (χ3n) is 2.99. The van der Waals surface area contributed by atoms with Crippen LogP contribution < -0.4 is 10.2 Å². The van der Waals surface area contributed by atoms with Crippen LogP contribution in [0.1, 0.15) is 15.9 Å². The average molecular weight is 368 g/mol. The predicted molar refractivity (Wildman–Crippen MR) is 92.6 cm³/mol. The second-order valence-corrected chi connectivity index (χ2v) is 6.35. The summed E-state index contributed by atoms with van der Waals surface area (Å²) in [6, 6.07) is 11.1. The van der Waals surface area contributed by atoms with Gasteiger partial charge in [0.2, 0.25) is 0 Å². The molecule has 5 heteroatoms. The Morgan fingerprint density at radius 1 is 1.19 bits per heavy atom. The van der Waals surface area contributed by atoms with Crippen molar-refractivity contribution in [3.05, 3.63) is 57.0 Å². The molecule has 21 heavy (non-hydrogen) atoms. The van der Waals surface area contributed by atoms with E-state index in [4.69, 9.17) is 11.6 Å². The van der Waals surface area contributed by atoms with Gasteiger partial charge in [-0.15, -0.1) is 0 Å². The van der Waals surface area contributed by atoms with Gasteiger partial charge in [0.15, 0.2) is 0 Å². The van der Waals surface area contributed by atoms with Gasteiger partial charge in [-0.25, -0.2) is 0 Å². The predicted octanol–water partition coefficient (Wildman–Crippen LogP) is 4.73. The first-order chi connectivity index (χ1) is 9.86. The third-order valence-corrected chi connectivity index (χ3v) is 3.75. The number of hydrogen-bond acceptors (Lipinski definition) is 2. The summed E-state index contributed by atoms with van der Waals surface area (Å²) in [6.07, 6.45) is 0. The summed E-state index contributed by atoms with van der Waals surface area (Å²) in [4.78, 5) is 14.2. The standard InChI is InChI=1S/C16H16BrClN2O/c1-10-6-11(8-12(17)7-10)16(21)19-13-4-5-15(20(2)3)14(18)9-13/h4-9H,1-3H3,(H,19,21). The van der Waals surface area contributed by atoms with Gasteiger partial charge in [-0.1, -0.05) is 27.5 Å². The average Bonchev–Trinajstić information content (AvgIpc) is 2.37. The highest BCUT2D eigenvalue weighted by Crippen LogP contribution is 2.27. The topological polar surface area (TPSA) is 32.3 Å². The monoisotopic (exact) mass is 366 g/mol. The van der Waals surface area contributed by atoms with E-state index in [0.717, 1.165) is 15.7 Å². The number of amides is 1. The molecule has 0 heterocycles. The van der Waals surface area contributed by atoms with Gasteiger partial charge >= 0.3 is 0 Å². The van der Waals surface area contributed by atoms with E-state index in [-0.39, 0.29) is 5.91 Å². The maximum absolute atomic E-state index is 12.3. The molecular weight excluding hydrogens is 352 g/mol. The molecule has 0 fully saturated rings. The molecule has 0 radical (unpaired) electrons. The Morgan fingerprint density at radius 2 is 1.90 bits per heavy atom. The highest BCUT2D eigenvalue weighted by atomic mass is 79.9. The Hall–Kier alpha value is -1.52. The van der Waals surface area contributed by atoms with Crippen molar-refractivity contribution >= 4 is 44.8 Å². The van der Waals surface area contributed by atoms with Crippen molar-refractivity contribution in [3.8, 4) is 0 Å². The minimum Gasteiger partial charge on any atom is -0.376 e. The Bertz CT molecular complexity index is 666. The van der Waals surface area contributed by atoms with Gasteiger partial charge in [-0.05, 0) is 48.9 Å². The Morgan fingerprint density at radius 3 is 2.48 bits per heavy atom. The number of halogens is 2. The molecule has 1 N–H and O–H groups in total. The van der Waals surface area contributed by atoms with E-state index in [2.05, 4.69) is 21.2 Å². The van der Waals surface area contributed by atoms with Crippen LogP contribution in [0.4, 0.5) is 11.4 Å². The summed E-state index contributed by atoms with van der Waals surface area (Å²) in [5, 5.41) is 3.46. The van der Waals surface area contributed by atoms with Crippen LogP contribution >= 0.6 is 27.5 Å². The molecule has 0 atom stereocenters. The molecule has 0 saturated heterocycles. The number of hydrogen-bond donors (Lipinski definition) is 1. The number of rotatable bonds is 3. The van der Waals surface area contributed by atoms with E-state index in [1.165, 1.54) is 0 Å². The second kappa shape index (κ2) is 6.50. The molecule has 0 bridgehead atoms. The lowest BCUT2D eigenvalue weighted by atomic mass is 10.1. The lowest BCUT2D eigenvalue weighted by Gasteiger charge is -2.15. The maximum Gasteiger partial charge on any atom is 0.255 e. The first-order valence-corrected chi connectivity index (χ1v) is 7.59. The molecule has 0 aromatic heterocycles. The van der Waals surface area contributed by atoms with Gasteiger partial charge < -0.3 is 10.2 Å². The second-order valence-electron chi connectivity index (χ2n) is 5.03. The van der Waals surface area contributed by atoms with E-state index in [0.29, 0.717) is 16.3 Å². The SMILES string of the molecule is Cc1cc(Br)cc(C(=O)Nc2ccc(N(C)C)c(Cl)c2)c1. The molecule has 0 aliphatic carbocycles. The first-order valence-electron chi connectivity index (χ1n) is 6.42. The molecule has 2 rings (SSSR count). The molecule has 2 aromatic carbocycles. The summed E-state index contributed by atoms with van der Waals surface area (Å²) in [7, 11) is 3.84. The van der Waals surface area contributed by atoms with Crippen molar-refractivity contribution in [1.82, 2.24) is 0 Å². The van der Waals surface area contributed by atoms with Crippen molar-refractivity contribution in [3.63, 3.8) is 0 Å². The lowest BCUT2D eigenvalue weighted by molar-refractivity contribution is 0.102. The van der Waals surface area contributed by atoms with E-state index in [1.807, 2.05) is 50.2 Å². The largest absolute Gasteiger partial charge is 0.376 e. The Balaban J connectivity index is 2.21. The number of nitrogens with one attached hydrogen (secondary N) is 1. The van der Waals surface area contributed by atoms with Crippen LogP contribution in [0.25, 0.3) is 0 Å². The minimum absolute atomic E-state index is 0.159. The van der Waals surface area contributed by atoms with Gasteiger partial charge in [0.25, 0.3) is 5.91 Å². The zero-order chi connectivity index (χ0) is 15.6. The smallest absolute Gasteiger partial charge is 0.255 e. The molecule has 0 saturated carbocycles. The summed E-state index contributed by atoms with van der Waals surface area (Å²) >= 11 is 9.60. The Labute approximate surface area is 138 Å². The van der Waals surface area contributed by atoms with Crippen LogP contribution in [0.2, 0.25) is 5.02 Å². The van der Waals surface area contributed by atoms with Crippen molar-refractivity contribution < 1.29 is 4.79 Å². The fraction of sp³-hybridized carbons (Fsp3) is 0.188. The van der Waals surface area contributed by atoms with E-state index in [9.17, 15) is 4.79 Å².